The molecule has 10 heteroatoms. The maximum absolute atomic E-state index is 13.1. The fourth-order valence-electron chi connectivity index (χ4n) is 3.40. The van der Waals surface area contributed by atoms with Crippen LogP contribution in [-0.4, -0.2) is 17.5 Å². The van der Waals surface area contributed by atoms with Gasteiger partial charge in [0.05, 0.1) is 23.5 Å². The quantitative estimate of drug-likeness (QED) is 0.195. The molecule has 0 fully saturated rings. The average Bonchev–Trinajstić information content (AvgIpc) is 3.54. The molecule has 0 atom stereocenters. The van der Waals surface area contributed by atoms with Crippen LogP contribution in [0.15, 0.2) is 81.7 Å². The second-order valence-corrected chi connectivity index (χ2v) is 9.89. The lowest BCUT2D eigenvalue weighted by atomic mass is 9.98. The highest BCUT2D eigenvalue weighted by molar-refractivity contribution is 9.11. The number of aromatic nitrogens is 4. The van der Waals surface area contributed by atoms with Crippen molar-refractivity contribution < 1.29 is 8.78 Å². The summed E-state index contributed by atoms with van der Waals surface area (Å²) in [4.78, 5) is 0. The summed E-state index contributed by atoms with van der Waals surface area (Å²) in [6.07, 6.45) is 0. The van der Waals surface area contributed by atoms with Gasteiger partial charge in [0, 0.05) is 20.1 Å². The highest BCUT2D eigenvalue weighted by Crippen LogP contribution is 2.34. The Hall–Kier alpha value is -2.66. The van der Waals surface area contributed by atoms with Gasteiger partial charge in [0.15, 0.2) is 0 Å². The van der Waals surface area contributed by atoms with E-state index in [2.05, 4.69) is 49.4 Å². The summed E-state index contributed by atoms with van der Waals surface area (Å²) in [7, 11) is 0. The summed E-state index contributed by atoms with van der Waals surface area (Å²) >= 11 is 9.14. The second kappa shape index (κ2) is 9.91. The molecule has 0 saturated carbocycles. The van der Waals surface area contributed by atoms with Gasteiger partial charge in [0.1, 0.15) is 33.7 Å². The molecule has 4 aromatic carbocycles. The minimum atomic E-state index is -0.274. The monoisotopic (exact) mass is 616 g/mol. The van der Waals surface area contributed by atoms with Gasteiger partial charge in [0.2, 0.25) is 0 Å². The first-order valence-electron chi connectivity index (χ1n) is 9.84. The Labute approximate surface area is 218 Å². The molecule has 0 bridgehead atoms. The predicted molar refractivity (Wildman–Crippen MR) is 141 cm³/mol. The van der Waals surface area contributed by atoms with E-state index in [0.717, 1.165) is 65.0 Å². The van der Waals surface area contributed by atoms with Crippen molar-refractivity contribution in [1.82, 2.24) is 17.5 Å². The van der Waals surface area contributed by atoms with Crippen molar-refractivity contribution in [1.29, 1.82) is 0 Å². The Kier molecular flexibility index (Phi) is 6.73. The lowest BCUT2D eigenvalue weighted by molar-refractivity contribution is 0.627. The minimum absolute atomic E-state index is 0.274. The Morgan fingerprint density at radius 1 is 0.471 bits per heavy atom. The first-order chi connectivity index (χ1) is 16.5. The molecule has 2 heterocycles. The van der Waals surface area contributed by atoms with E-state index in [9.17, 15) is 8.78 Å². The fraction of sp³-hybridized carbons (Fsp3) is 0. The maximum atomic E-state index is 13.1. The topological polar surface area (TPSA) is 51.6 Å². The Balaban J connectivity index is 0.000000183. The molecule has 168 valence electrons. The Bertz CT molecular complexity index is 1480. The summed E-state index contributed by atoms with van der Waals surface area (Å²) in [6.45, 7) is 0. The van der Waals surface area contributed by atoms with Gasteiger partial charge in [0.25, 0.3) is 0 Å². The standard InChI is InChI=1S/C18H10F2N2S.C6H2Br2N2S/c19-13-5-1-11(2-6-13)15-9-10-16(18-17(15)21-23-22-18)12-3-7-14(20)8-4-12;7-3-1-2-4(8)6-5(3)9-11-10-6/h1-10H;1-2H. The van der Waals surface area contributed by atoms with Gasteiger partial charge in [-0.05, 0) is 79.4 Å². The maximum Gasteiger partial charge on any atom is 0.123 e. The van der Waals surface area contributed by atoms with E-state index in [1.165, 1.54) is 36.0 Å². The van der Waals surface area contributed by atoms with Crippen molar-refractivity contribution >= 4 is 77.4 Å². The van der Waals surface area contributed by atoms with E-state index in [0.29, 0.717) is 0 Å². The molecule has 0 spiro atoms. The van der Waals surface area contributed by atoms with Crippen molar-refractivity contribution in [2.75, 3.05) is 0 Å². The highest BCUT2D eigenvalue weighted by atomic mass is 79.9. The van der Waals surface area contributed by atoms with Gasteiger partial charge in [-0.1, -0.05) is 36.4 Å². The second-order valence-electron chi connectivity index (χ2n) is 7.13. The van der Waals surface area contributed by atoms with Crippen molar-refractivity contribution in [3.05, 3.63) is 93.4 Å². The van der Waals surface area contributed by atoms with Crippen LogP contribution >= 0.6 is 55.3 Å². The van der Waals surface area contributed by atoms with Gasteiger partial charge >= 0.3 is 0 Å². The molecule has 0 amide bonds. The van der Waals surface area contributed by atoms with Gasteiger partial charge in [-0.25, -0.2) is 8.78 Å². The molecule has 6 aromatic rings. The third kappa shape index (κ3) is 4.63. The predicted octanol–water partition coefficient (Wildman–Crippen LogP) is 8.52. The van der Waals surface area contributed by atoms with Gasteiger partial charge in [-0.15, -0.1) is 0 Å². The van der Waals surface area contributed by atoms with Crippen molar-refractivity contribution in [3.8, 4) is 22.3 Å². The van der Waals surface area contributed by atoms with Gasteiger partial charge in [-0.2, -0.15) is 17.5 Å². The molecular weight excluding hydrogens is 606 g/mol. The minimum Gasteiger partial charge on any atom is -0.207 e. The summed E-state index contributed by atoms with van der Waals surface area (Å²) in [5, 5.41) is 0. The van der Waals surface area contributed by atoms with E-state index < -0.39 is 0 Å². The molecule has 0 N–H and O–H groups in total. The summed E-state index contributed by atoms with van der Waals surface area (Å²) in [6, 6.07) is 20.4. The van der Waals surface area contributed by atoms with Crippen molar-refractivity contribution in [2.45, 2.75) is 0 Å². The first-order valence-corrected chi connectivity index (χ1v) is 12.9. The average molecular weight is 618 g/mol. The fourth-order valence-corrected chi connectivity index (χ4v) is 5.60. The van der Waals surface area contributed by atoms with Crippen LogP contribution in [0.4, 0.5) is 8.78 Å². The lowest BCUT2D eigenvalue weighted by Gasteiger charge is -2.07. The Morgan fingerprint density at radius 2 is 0.824 bits per heavy atom. The molecule has 0 radical (unpaired) electrons. The number of halogens is 4. The van der Waals surface area contributed by atoms with E-state index in [1.807, 2.05) is 24.3 Å². The number of benzene rings is 4. The third-order valence-electron chi connectivity index (χ3n) is 5.04. The normalized spacial score (nSPS) is 10.9. The van der Waals surface area contributed by atoms with Crippen LogP contribution in [0, 0.1) is 11.6 Å². The first kappa shape index (κ1) is 23.1. The van der Waals surface area contributed by atoms with Crippen LogP contribution in [0.3, 0.4) is 0 Å². The van der Waals surface area contributed by atoms with Gasteiger partial charge in [-0.3, -0.25) is 0 Å². The smallest absolute Gasteiger partial charge is 0.123 e. The molecular formula is C24H12Br2F2N4S2. The SMILES string of the molecule is Brc1ccc(Br)c2nsnc12.Fc1ccc(-c2ccc(-c3ccc(F)cc3)c3nsnc23)cc1. The largest absolute Gasteiger partial charge is 0.207 e. The Morgan fingerprint density at radius 3 is 1.21 bits per heavy atom. The molecule has 0 saturated heterocycles. The van der Waals surface area contributed by atoms with E-state index >= 15 is 0 Å². The van der Waals surface area contributed by atoms with E-state index in [-0.39, 0.29) is 11.6 Å². The van der Waals surface area contributed by atoms with Crippen LogP contribution in [0.2, 0.25) is 0 Å². The highest BCUT2D eigenvalue weighted by Gasteiger charge is 2.13. The molecule has 6 rings (SSSR count). The van der Waals surface area contributed by atoms with Crippen LogP contribution in [0.1, 0.15) is 0 Å². The zero-order valence-corrected chi connectivity index (χ0v) is 21.9. The van der Waals surface area contributed by atoms with Crippen LogP contribution in [0.5, 0.6) is 0 Å². The molecule has 4 nitrogen and oxygen atoms in total. The third-order valence-corrected chi connectivity index (χ3v) is 7.38. The van der Waals surface area contributed by atoms with Crippen molar-refractivity contribution in [3.63, 3.8) is 0 Å². The molecule has 2 aromatic heterocycles. The molecule has 34 heavy (non-hydrogen) atoms. The molecule has 0 unspecified atom stereocenters. The van der Waals surface area contributed by atoms with Crippen LogP contribution in [0.25, 0.3) is 44.3 Å². The zero-order chi connectivity index (χ0) is 23.7. The molecule has 0 aliphatic rings. The molecule has 0 aliphatic carbocycles. The number of nitrogens with zero attached hydrogens (tertiary/aromatic N) is 4. The number of hydrogen-bond donors (Lipinski definition) is 0. The molecule has 0 aliphatic heterocycles. The number of rotatable bonds is 2. The lowest BCUT2D eigenvalue weighted by Crippen LogP contribution is -1.86. The van der Waals surface area contributed by atoms with Crippen LogP contribution in [-0.2, 0) is 0 Å². The number of fused-ring (bicyclic) bond motifs is 2. The number of hydrogen-bond acceptors (Lipinski definition) is 6. The van der Waals surface area contributed by atoms with E-state index in [1.54, 1.807) is 24.3 Å². The summed E-state index contributed by atoms with van der Waals surface area (Å²) in [5.74, 6) is -0.548. The van der Waals surface area contributed by atoms with Gasteiger partial charge < -0.3 is 0 Å². The van der Waals surface area contributed by atoms with Crippen LogP contribution < -0.4 is 0 Å². The zero-order valence-electron chi connectivity index (χ0n) is 17.0. The summed E-state index contributed by atoms with van der Waals surface area (Å²) in [5.41, 5.74) is 6.95. The summed E-state index contributed by atoms with van der Waals surface area (Å²) < 4.78 is 45.2. The van der Waals surface area contributed by atoms with Crippen molar-refractivity contribution in [2.24, 2.45) is 0 Å². The van der Waals surface area contributed by atoms with E-state index in [4.69, 9.17) is 0 Å².